The molecule has 0 spiro atoms. The lowest BCUT2D eigenvalue weighted by Crippen LogP contribution is -2.46. The Morgan fingerprint density at radius 1 is 0.973 bits per heavy atom. The Morgan fingerprint density at radius 3 is 2.35 bits per heavy atom. The Labute approximate surface area is 219 Å². The predicted octanol–water partition coefficient (Wildman–Crippen LogP) is 3.80. The third-order valence-electron chi connectivity index (χ3n) is 6.81. The van der Waals surface area contributed by atoms with Crippen molar-refractivity contribution in [3.05, 3.63) is 94.3 Å². The minimum atomic E-state index is -0.901. The predicted molar refractivity (Wildman–Crippen MR) is 144 cm³/mol. The summed E-state index contributed by atoms with van der Waals surface area (Å²) in [5.41, 5.74) is 1.95. The standard InChI is InChI=1S/C27H29ClN6O3/c1-2-24(26(36)19-6-8-20(28)9-7-19)34-27(37)33(18-30-34)22-10-11-25(29-17-22)32-14-12-31(13-15-32)21-4-3-5-23(35)16-21/h3-11,16-18,24,26,35-36H,2,12-15H2,1H3/t24-,26-/m1/s1. The number of piperazine rings is 1. The molecule has 4 aromatic rings. The molecule has 3 heterocycles. The first-order valence-electron chi connectivity index (χ1n) is 12.3. The minimum absolute atomic E-state index is 0.264. The maximum atomic E-state index is 13.2. The smallest absolute Gasteiger partial charge is 0.350 e. The molecule has 0 amide bonds. The number of benzene rings is 2. The molecule has 37 heavy (non-hydrogen) atoms. The Bertz CT molecular complexity index is 1390. The summed E-state index contributed by atoms with van der Waals surface area (Å²) in [7, 11) is 0. The molecule has 1 saturated heterocycles. The number of pyridine rings is 1. The molecule has 0 bridgehead atoms. The number of nitrogens with zero attached hydrogens (tertiary/aromatic N) is 6. The second-order valence-corrected chi connectivity index (χ2v) is 9.51. The van der Waals surface area contributed by atoms with Crippen molar-refractivity contribution < 1.29 is 10.2 Å². The molecule has 9 nitrogen and oxygen atoms in total. The largest absolute Gasteiger partial charge is 0.508 e. The van der Waals surface area contributed by atoms with Gasteiger partial charge in [0.05, 0.1) is 17.9 Å². The van der Waals surface area contributed by atoms with E-state index in [1.807, 2.05) is 31.2 Å². The van der Waals surface area contributed by atoms with Gasteiger partial charge in [-0.1, -0.05) is 36.7 Å². The van der Waals surface area contributed by atoms with E-state index in [0.717, 1.165) is 37.7 Å². The van der Waals surface area contributed by atoms with Crippen LogP contribution in [0.4, 0.5) is 11.5 Å². The van der Waals surface area contributed by atoms with E-state index in [2.05, 4.69) is 19.9 Å². The van der Waals surface area contributed by atoms with Gasteiger partial charge in [-0.2, -0.15) is 5.10 Å². The highest BCUT2D eigenvalue weighted by atomic mass is 35.5. The lowest BCUT2D eigenvalue weighted by molar-refractivity contribution is 0.101. The Balaban J connectivity index is 1.28. The number of aromatic hydroxyl groups is 1. The molecule has 2 aromatic carbocycles. The Morgan fingerprint density at radius 2 is 1.70 bits per heavy atom. The Kier molecular flexibility index (Phi) is 7.16. The molecule has 0 aliphatic carbocycles. The maximum Gasteiger partial charge on any atom is 0.350 e. The van der Waals surface area contributed by atoms with Crippen LogP contribution in [0.5, 0.6) is 5.75 Å². The summed E-state index contributed by atoms with van der Waals surface area (Å²) in [6.07, 6.45) is 2.75. The summed E-state index contributed by atoms with van der Waals surface area (Å²) in [4.78, 5) is 22.3. The summed E-state index contributed by atoms with van der Waals surface area (Å²) in [5.74, 6) is 1.10. The van der Waals surface area contributed by atoms with Crippen LogP contribution in [0, 0.1) is 0 Å². The van der Waals surface area contributed by atoms with Gasteiger partial charge in [0.1, 0.15) is 24.0 Å². The van der Waals surface area contributed by atoms with E-state index in [9.17, 15) is 15.0 Å². The van der Waals surface area contributed by atoms with E-state index in [1.165, 1.54) is 15.6 Å². The van der Waals surface area contributed by atoms with E-state index in [-0.39, 0.29) is 11.4 Å². The number of hydrogen-bond acceptors (Lipinski definition) is 7. The highest BCUT2D eigenvalue weighted by molar-refractivity contribution is 6.30. The number of phenols is 1. The third-order valence-corrected chi connectivity index (χ3v) is 7.06. The number of aliphatic hydroxyl groups excluding tert-OH is 1. The number of anilines is 2. The molecular weight excluding hydrogens is 492 g/mol. The van der Waals surface area contributed by atoms with Gasteiger partial charge in [0, 0.05) is 43.0 Å². The molecular formula is C27H29ClN6O3. The van der Waals surface area contributed by atoms with Crippen molar-refractivity contribution in [1.29, 1.82) is 0 Å². The number of aromatic nitrogens is 4. The maximum absolute atomic E-state index is 13.2. The molecule has 0 saturated carbocycles. The molecule has 2 atom stereocenters. The van der Waals surface area contributed by atoms with Crippen LogP contribution in [-0.2, 0) is 0 Å². The van der Waals surface area contributed by atoms with Gasteiger partial charge in [0.15, 0.2) is 0 Å². The van der Waals surface area contributed by atoms with Crippen molar-refractivity contribution in [3.63, 3.8) is 0 Å². The van der Waals surface area contributed by atoms with Crippen molar-refractivity contribution in [1.82, 2.24) is 19.3 Å². The minimum Gasteiger partial charge on any atom is -0.508 e. The van der Waals surface area contributed by atoms with E-state index in [4.69, 9.17) is 11.6 Å². The Hall–Kier alpha value is -3.82. The number of phenolic OH excluding ortho intramolecular Hbond substituents is 1. The molecule has 192 valence electrons. The summed E-state index contributed by atoms with van der Waals surface area (Å²) >= 11 is 5.97. The van der Waals surface area contributed by atoms with Crippen molar-refractivity contribution in [3.8, 4) is 11.4 Å². The van der Waals surface area contributed by atoms with Crippen LogP contribution in [0.2, 0.25) is 5.02 Å². The average molecular weight is 521 g/mol. The summed E-state index contributed by atoms with van der Waals surface area (Å²) in [6.45, 7) is 5.12. The highest BCUT2D eigenvalue weighted by Gasteiger charge is 2.25. The SMILES string of the molecule is CC[C@H]([C@H](O)c1ccc(Cl)cc1)n1ncn(-c2ccc(N3CCN(c4cccc(O)c4)CC3)nc2)c1=O. The van der Waals surface area contributed by atoms with Crippen LogP contribution < -0.4 is 15.5 Å². The van der Waals surface area contributed by atoms with Crippen molar-refractivity contribution >= 4 is 23.1 Å². The van der Waals surface area contributed by atoms with E-state index >= 15 is 0 Å². The van der Waals surface area contributed by atoms with E-state index in [0.29, 0.717) is 22.7 Å². The monoisotopic (exact) mass is 520 g/mol. The second kappa shape index (κ2) is 10.7. The first-order valence-corrected chi connectivity index (χ1v) is 12.7. The van der Waals surface area contributed by atoms with Crippen molar-refractivity contribution in [2.24, 2.45) is 0 Å². The topological polar surface area (TPSA) is 99.7 Å². The fraction of sp³-hybridized carbons (Fsp3) is 0.296. The zero-order chi connectivity index (χ0) is 25.9. The van der Waals surface area contributed by atoms with Gasteiger partial charge >= 0.3 is 5.69 Å². The molecule has 2 aromatic heterocycles. The summed E-state index contributed by atoms with van der Waals surface area (Å²) in [5, 5.41) is 25.6. The van der Waals surface area contributed by atoms with Gasteiger partial charge < -0.3 is 20.0 Å². The van der Waals surface area contributed by atoms with Crippen LogP contribution in [0.15, 0.2) is 78.0 Å². The molecule has 5 rings (SSSR count). The fourth-order valence-electron chi connectivity index (χ4n) is 4.72. The van der Waals surface area contributed by atoms with E-state index < -0.39 is 12.1 Å². The molecule has 0 unspecified atom stereocenters. The van der Waals surface area contributed by atoms with Gasteiger partial charge in [-0.3, -0.25) is 0 Å². The van der Waals surface area contributed by atoms with Gasteiger partial charge in [-0.25, -0.2) is 19.0 Å². The van der Waals surface area contributed by atoms with Crippen LogP contribution in [0.25, 0.3) is 5.69 Å². The first-order chi connectivity index (χ1) is 17.9. The lowest BCUT2D eigenvalue weighted by Gasteiger charge is -2.36. The fourth-order valence-corrected chi connectivity index (χ4v) is 4.85. The normalized spacial score (nSPS) is 15.5. The number of halogens is 1. The van der Waals surface area contributed by atoms with Gasteiger partial charge in [0.2, 0.25) is 0 Å². The number of rotatable bonds is 7. The summed E-state index contributed by atoms with van der Waals surface area (Å²) < 4.78 is 2.77. The zero-order valence-corrected chi connectivity index (χ0v) is 21.2. The first kappa shape index (κ1) is 24.9. The van der Waals surface area contributed by atoms with Crippen LogP contribution in [0.1, 0.15) is 31.1 Å². The number of aliphatic hydroxyl groups is 1. The number of hydrogen-bond donors (Lipinski definition) is 2. The third kappa shape index (κ3) is 5.19. The van der Waals surface area contributed by atoms with Gasteiger partial charge in [-0.05, 0) is 48.4 Å². The molecule has 1 aliphatic rings. The molecule has 1 aliphatic heterocycles. The summed E-state index contributed by atoms with van der Waals surface area (Å²) in [6, 6.07) is 17.5. The van der Waals surface area contributed by atoms with Crippen molar-refractivity contribution in [2.45, 2.75) is 25.5 Å². The van der Waals surface area contributed by atoms with E-state index in [1.54, 1.807) is 42.6 Å². The molecule has 0 radical (unpaired) electrons. The molecule has 1 fully saturated rings. The highest BCUT2D eigenvalue weighted by Crippen LogP contribution is 2.28. The quantitative estimate of drug-likeness (QED) is 0.382. The second-order valence-electron chi connectivity index (χ2n) is 9.07. The molecule has 2 N–H and O–H groups in total. The average Bonchev–Trinajstić information content (AvgIpc) is 3.30. The van der Waals surface area contributed by atoms with Crippen LogP contribution >= 0.6 is 11.6 Å². The lowest BCUT2D eigenvalue weighted by atomic mass is 10.0. The van der Waals surface area contributed by atoms with Gasteiger partial charge in [0.25, 0.3) is 0 Å². The zero-order valence-electron chi connectivity index (χ0n) is 20.5. The van der Waals surface area contributed by atoms with Crippen LogP contribution in [-0.4, -0.2) is 55.7 Å². The van der Waals surface area contributed by atoms with Crippen molar-refractivity contribution in [2.75, 3.05) is 36.0 Å². The molecule has 10 heteroatoms. The van der Waals surface area contributed by atoms with Gasteiger partial charge in [-0.15, -0.1) is 0 Å². The van der Waals surface area contributed by atoms with Crippen LogP contribution in [0.3, 0.4) is 0 Å².